The van der Waals surface area contributed by atoms with Crippen LogP contribution in [0.1, 0.15) is 59.6 Å². The zero-order valence-corrected chi connectivity index (χ0v) is 25.2. The van der Waals surface area contributed by atoms with Gasteiger partial charge in [0.1, 0.15) is 24.3 Å². The Bertz CT molecular complexity index is 965. The summed E-state index contributed by atoms with van der Waals surface area (Å²) in [5.41, 5.74) is 4.44. The Hall–Kier alpha value is -1.66. The lowest BCUT2D eigenvalue weighted by Gasteiger charge is -2.35. The molecule has 2 N–H and O–H groups in total. The molecule has 0 aliphatic carbocycles. The molecule has 0 aromatic carbocycles. The van der Waals surface area contributed by atoms with E-state index in [1.54, 1.807) is 31.7 Å². The summed E-state index contributed by atoms with van der Waals surface area (Å²) in [7, 11) is 0. The molecular weight excluding hydrogens is 579 g/mol. The summed E-state index contributed by atoms with van der Waals surface area (Å²) in [6.07, 6.45) is 0.928. The Morgan fingerprint density at radius 1 is 1.24 bits per heavy atom. The van der Waals surface area contributed by atoms with E-state index in [-0.39, 0.29) is 18.8 Å². The van der Waals surface area contributed by atoms with Crippen molar-refractivity contribution in [2.45, 2.75) is 81.8 Å². The first-order chi connectivity index (χ1) is 17.6. The first kappa shape index (κ1) is 32.6. The van der Waals surface area contributed by atoms with Gasteiger partial charge in [-0.2, -0.15) is 0 Å². The predicted molar refractivity (Wildman–Crippen MR) is 146 cm³/mol. The number of thiazole rings is 1. The molecule has 1 fully saturated rings. The average molecular weight is 614 g/mol. The molecular formula is C24H35Cl3N4O6S. The number of nitrogens with zero attached hydrogens (tertiary/aromatic N) is 2. The highest BCUT2D eigenvalue weighted by atomic mass is 35.6. The summed E-state index contributed by atoms with van der Waals surface area (Å²) >= 11 is 18.3. The monoisotopic (exact) mass is 612 g/mol. The van der Waals surface area contributed by atoms with E-state index >= 15 is 0 Å². The zero-order valence-electron chi connectivity index (χ0n) is 22.1. The number of hydrogen-bond donors (Lipinski definition) is 2. The second kappa shape index (κ2) is 14.1. The molecule has 2 amide bonds. The van der Waals surface area contributed by atoms with Crippen LogP contribution in [-0.4, -0.2) is 68.4 Å². The number of hydrazine groups is 1. The van der Waals surface area contributed by atoms with Gasteiger partial charge in [0.15, 0.2) is 0 Å². The van der Waals surface area contributed by atoms with Crippen molar-refractivity contribution < 1.29 is 28.7 Å². The number of rotatable bonds is 10. The average Bonchev–Trinajstić information content (AvgIpc) is 3.31. The first-order valence-electron chi connectivity index (χ1n) is 12.3. The van der Waals surface area contributed by atoms with E-state index in [2.05, 4.69) is 15.7 Å². The van der Waals surface area contributed by atoms with Crippen molar-refractivity contribution in [1.29, 1.82) is 0 Å². The highest BCUT2D eigenvalue weighted by Gasteiger charge is 2.36. The van der Waals surface area contributed by atoms with Gasteiger partial charge in [-0.05, 0) is 39.5 Å². The lowest BCUT2D eigenvalue weighted by Crippen LogP contribution is -2.61. The molecule has 1 aliphatic rings. The summed E-state index contributed by atoms with van der Waals surface area (Å²) in [5.74, 6) is -2.97. The van der Waals surface area contributed by atoms with Crippen molar-refractivity contribution in [2.24, 2.45) is 11.8 Å². The molecule has 0 bridgehead atoms. The Balaban J connectivity index is 2.15. The molecule has 0 radical (unpaired) electrons. The van der Waals surface area contributed by atoms with Crippen molar-refractivity contribution >= 4 is 69.9 Å². The standard InChI is InChI=1S/C24H35Cl3N4O6S/c1-14(2)16(10-19(32)37-23(3,4)5)20(33)29-18(9-15-11-38-13-28-15)21(34)31-8-6-7-17(30-31)22(35)36-12-24(25,26)27/h11,13-14,16-18,30H,6-10,12H2,1-5H3,(H,29,33)/t16-,17-,18-/m0/s1. The molecule has 1 aromatic rings. The van der Waals surface area contributed by atoms with Gasteiger partial charge < -0.3 is 14.8 Å². The van der Waals surface area contributed by atoms with Gasteiger partial charge in [-0.25, -0.2) is 10.4 Å². The van der Waals surface area contributed by atoms with Crippen LogP contribution in [0.3, 0.4) is 0 Å². The smallest absolute Gasteiger partial charge is 0.325 e. The molecule has 1 aromatic heterocycles. The van der Waals surface area contributed by atoms with E-state index < -0.39 is 57.8 Å². The number of hydrogen-bond acceptors (Lipinski definition) is 9. The SMILES string of the molecule is CC(C)[C@H](CC(=O)OC(C)(C)C)C(=O)N[C@@H](Cc1cscn1)C(=O)N1CCC[C@@H](C(=O)OCC(Cl)(Cl)Cl)N1. The van der Waals surface area contributed by atoms with Gasteiger partial charge in [-0.15, -0.1) is 11.3 Å². The van der Waals surface area contributed by atoms with E-state index in [0.717, 1.165) is 0 Å². The molecule has 1 saturated heterocycles. The fourth-order valence-electron chi connectivity index (χ4n) is 3.78. The Labute approximate surface area is 242 Å². The summed E-state index contributed by atoms with van der Waals surface area (Å²) in [4.78, 5) is 56.0. The van der Waals surface area contributed by atoms with Crippen LogP contribution >= 0.6 is 46.1 Å². The minimum absolute atomic E-state index is 0.128. The van der Waals surface area contributed by atoms with E-state index in [9.17, 15) is 19.2 Å². The number of carbonyl (C=O) groups excluding carboxylic acids is 4. The van der Waals surface area contributed by atoms with Crippen LogP contribution in [0.4, 0.5) is 0 Å². The summed E-state index contributed by atoms with van der Waals surface area (Å²) in [5, 5.41) is 5.89. The van der Waals surface area contributed by atoms with Gasteiger partial charge >= 0.3 is 11.9 Å². The van der Waals surface area contributed by atoms with Crippen molar-refractivity contribution in [3.8, 4) is 0 Å². The van der Waals surface area contributed by atoms with E-state index in [0.29, 0.717) is 25.1 Å². The number of carbonyl (C=O) groups is 4. The second-order valence-corrected chi connectivity index (χ2v) is 13.7. The summed E-state index contributed by atoms with van der Waals surface area (Å²) < 4.78 is 8.70. The topological polar surface area (TPSA) is 127 Å². The van der Waals surface area contributed by atoms with Gasteiger partial charge in [0, 0.05) is 18.3 Å². The van der Waals surface area contributed by atoms with Crippen molar-refractivity contribution in [2.75, 3.05) is 13.2 Å². The minimum atomic E-state index is -1.75. The van der Waals surface area contributed by atoms with Crippen LogP contribution in [0.15, 0.2) is 10.9 Å². The van der Waals surface area contributed by atoms with Crippen molar-refractivity contribution in [3.05, 3.63) is 16.6 Å². The van der Waals surface area contributed by atoms with E-state index in [1.165, 1.54) is 16.3 Å². The summed E-state index contributed by atoms with van der Waals surface area (Å²) in [6.45, 7) is 8.79. The van der Waals surface area contributed by atoms with Crippen LogP contribution in [0, 0.1) is 11.8 Å². The lowest BCUT2D eigenvalue weighted by atomic mass is 9.91. The van der Waals surface area contributed by atoms with Gasteiger partial charge in [0.05, 0.1) is 23.5 Å². The maximum atomic E-state index is 13.6. The Morgan fingerprint density at radius 3 is 2.47 bits per heavy atom. The van der Waals surface area contributed by atoms with Crippen LogP contribution in [0.5, 0.6) is 0 Å². The predicted octanol–water partition coefficient (Wildman–Crippen LogP) is 3.58. The molecule has 0 unspecified atom stereocenters. The number of amides is 2. The second-order valence-electron chi connectivity index (χ2n) is 10.4. The Kier molecular flexibility index (Phi) is 12.1. The highest BCUT2D eigenvalue weighted by Crippen LogP contribution is 2.26. The molecule has 1 aliphatic heterocycles. The van der Waals surface area contributed by atoms with Gasteiger partial charge in [0.2, 0.25) is 9.70 Å². The number of ether oxygens (including phenoxy) is 2. The fraction of sp³-hybridized carbons (Fsp3) is 0.708. The molecule has 10 nitrogen and oxygen atoms in total. The molecule has 2 rings (SSSR count). The van der Waals surface area contributed by atoms with Crippen molar-refractivity contribution in [1.82, 2.24) is 20.7 Å². The Morgan fingerprint density at radius 2 is 1.92 bits per heavy atom. The number of alkyl halides is 3. The third-order valence-electron chi connectivity index (χ3n) is 5.57. The van der Waals surface area contributed by atoms with Crippen LogP contribution in [0.25, 0.3) is 0 Å². The van der Waals surface area contributed by atoms with Gasteiger partial charge in [-0.3, -0.25) is 24.2 Å². The molecule has 2 heterocycles. The number of esters is 2. The van der Waals surface area contributed by atoms with Crippen LogP contribution < -0.4 is 10.7 Å². The highest BCUT2D eigenvalue weighted by molar-refractivity contribution is 7.07. The third kappa shape index (κ3) is 11.2. The lowest BCUT2D eigenvalue weighted by molar-refractivity contribution is -0.158. The molecule has 38 heavy (non-hydrogen) atoms. The van der Waals surface area contributed by atoms with Crippen molar-refractivity contribution in [3.63, 3.8) is 0 Å². The third-order valence-corrected chi connectivity index (χ3v) is 6.54. The number of halogens is 3. The molecule has 14 heteroatoms. The first-order valence-corrected chi connectivity index (χ1v) is 14.3. The maximum absolute atomic E-state index is 13.6. The molecule has 0 spiro atoms. The zero-order chi connectivity index (χ0) is 28.7. The molecule has 3 atom stereocenters. The summed E-state index contributed by atoms with van der Waals surface area (Å²) in [6, 6.07) is -1.82. The quantitative estimate of drug-likeness (QED) is 0.303. The van der Waals surface area contributed by atoms with E-state index in [1.807, 2.05) is 13.8 Å². The van der Waals surface area contributed by atoms with E-state index in [4.69, 9.17) is 44.3 Å². The van der Waals surface area contributed by atoms with Crippen LogP contribution in [0.2, 0.25) is 0 Å². The molecule has 214 valence electrons. The minimum Gasteiger partial charge on any atom is -0.460 e. The normalized spacial score (nSPS) is 18.0. The van der Waals surface area contributed by atoms with Gasteiger partial charge in [0.25, 0.3) is 5.91 Å². The fourth-order valence-corrected chi connectivity index (χ4v) is 4.51. The van der Waals surface area contributed by atoms with Crippen LogP contribution in [-0.2, 0) is 35.1 Å². The largest absolute Gasteiger partial charge is 0.460 e. The number of aromatic nitrogens is 1. The number of nitrogens with one attached hydrogen (secondary N) is 2. The van der Waals surface area contributed by atoms with Gasteiger partial charge in [-0.1, -0.05) is 48.7 Å². The maximum Gasteiger partial charge on any atom is 0.325 e. The molecule has 0 saturated carbocycles.